The van der Waals surface area contributed by atoms with E-state index in [4.69, 9.17) is 9.72 Å². The zero-order chi connectivity index (χ0) is 26.6. The number of Topliss-reactive ketones (excluding diaryl/α,β-unsaturated/α-hetero) is 1. The molecule has 8 nitrogen and oxygen atoms in total. The second-order valence-electron chi connectivity index (χ2n) is 9.86. The van der Waals surface area contributed by atoms with Crippen molar-refractivity contribution in [3.63, 3.8) is 0 Å². The van der Waals surface area contributed by atoms with E-state index in [1.807, 2.05) is 32.0 Å². The number of imidazole rings is 1. The Labute approximate surface area is 221 Å². The normalized spacial score (nSPS) is 14.6. The number of ether oxygens (including phenoxy) is 1. The van der Waals surface area contributed by atoms with E-state index in [9.17, 15) is 14.3 Å². The summed E-state index contributed by atoms with van der Waals surface area (Å²) in [5, 5.41) is 14.0. The first-order valence-corrected chi connectivity index (χ1v) is 12.9. The molecule has 0 aliphatic carbocycles. The molecule has 4 aromatic rings. The average Bonchev–Trinajstić information content (AvgIpc) is 3.24. The second-order valence-corrected chi connectivity index (χ2v) is 9.86. The van der Waals surface area contributed by atoms with Crippen molar-refractivity contribution in [3.8, 4) is 11.5 Å². The molecular weight excluding hydrogens is 485 g/mol. The molecule has 1 fully saturated rings. The predicted molar refractivity (Wildman–Crippen MR) is 144 cm³/mol. The van der Waals surface area contributed by atoms with E-state index < -0.39 is 0 Å². The number of aryl methyl sites for hydroxylation is 2. The number of aromatic nitrogens is 3. The zero-order valence-electron chi connectivity index (χ0n) is 21.7. The minimum Gasteiger partial charge on any atom is -0.506 e. The number of anilines is 1. The Morgan fingerprint density at radius 1 is 1.11 bits per heavy atom. The van der Waals surface area contributed by atoms with Gasteiger partial charge in [-0.3, -0.25) is 14.7 Å². The van der Waals surface area contributed by atoms with Gasteiger partial charge in [0, 0.05) is 30.9 Å². The quantitative estimate of drug-likeness (QED) is 0.339. The van der Waals surface area contributed by atoms with Gasteiger partial charge in [-0.2, -0.15) is 0 Å². The van der Waals surface area contributed by atoms with Gasteiger partial charge in [-0.05, 0) is 62.6 Å². The third-order valence-electron chi connectivity index (χ3n) is 6.89. The first-order chi connectivity index (χ1) is 18.4. The minimum atomic E-state index is -0.389. The van der Waals surface area contributed by atoms with Crippen LogP contribution >= 0.6 is 0 Å². The Morgan fingerprint density at radius 3 is 2.68 bits per heavy atom. The number of piperidine rings is 1. The molecule has 2 N–H and O–H groups in total. The van der Waals surface area contributed by atoms with E-state index in [0.29, 0.717) is 24.5 Å². The Kier molecular flexibility index (Phi) is 7.55. The average molecular weight is 518 g/mol. The summed E-state index contributed by atoms with van der Waals surface area (Å²) in [5.74, 6) is 0.836. The molecule has 9 heteroatoms. The Bertz CT molecular complexity index is 1450. The van der Waals surface area contributed by atoms with E-state index in [1.54, 1.807) is 24.3 Å². The number of benzene rings is 2. The number of carbonyl (C=O) groups excluding carboxylic acids is 1. The van der Waals surface area contributed by atoms with Crippen molar-refractivity contribution in [1.29, 1.82) is 0 Å². The van der Waals surface area contributed by atoms with Gasteiger partial charge in [0.05, 0.1) is 24.1 Å². The van der Waals surface area contributed by atoms with E-state index in [2.05, 4.69) is 19.8 Å². The van der Waals surface area contributed by atoms with Gasteiger partial charge >= 0.3 is 0 Å². The van der Waals surface area contributed by atoms with Crippen LogP contribution < -0.4 is 10.1 Å². The number of likely N-dealkylation sites (tertiary alicyclic amines) is 1. The van der Waals surface area contributed by atoms with Crippen molar-refractivity contribution in [2.45, 2.75) is 39.3 Å². The number of aromatic hydroxyl groups is 1. The van der Waals surface area contributed by atoms with E-state index in [0.717, 1.165) is 54.2 Å². The monoisotopic (exact) mass is 517 g/mol. The third-order valence-corrected chi connectivity index (χ3v) is 6.89. The predicted octanol–water partition coefficient (Wildman–Crippen LogP) is 4.47. The van der Waals surface area contributed by atoms with Crippen molar-refractivity contribution in [2.24, 2.45) is 0 Å². The number of nitrogens with one attached hydrogen (secondary N) is 1. The van der Waals surface area contributed by atoms with Gasteiger partial charge in [-0.1, -0.05) is 18.2 Å². The van der Waals surface area contributed by atoms with E-state index in [-0.39, 0.29) is 30.0 Å². The lowest BCUT2D eigenvalue weighted by Gasteiger charge is -2.32. The number of rotatable bonds is 9. The lowest BCUT2D eigenvalue weighted by atomic mass is 10.1. The Morgan fingerprint density at radius 2 is 1.89 bits per heavy atom. The first kappa shape index (κ1) is 25.7. The van der Waals surface area contributed by atoms with Crippen molar-refractivity contribution in [2.75, 3.05) is 31.6 Å². The number of ketones is 1. The molecule has 0 radical (unpaired) electrons. The van der Waals surface area contributed by atoms with Crippen LogP contribution in [0.2, 0.25) is 0 Å². The summed E-state index contributed by atoms with van der Waals surface area (Å²) in [7, 11) is 0. The van der Waals surface area contributed by atoms with Gasteiger partial charge in [-0.15, -0.1) is 0 Å². The SMILES string of the molecule is Cc1ccc(O)c(Cn2c(NC3CCN(CC(=O)COc4cccc(F)c4)CC3)nc3c(C)cccc32)n1. The number of halogens is 1. The largest absolute Gasteiger partial charge is 0.506 e. The number of hydrogen-bond acceptors (Lipinski definition) is 7. The molecule has 0 saturated carbocycles. The van der Waals surface area contributed by atoms with Gasteiger partial charge in [-0.25, -0.2) is 9.37 Å². The lowest BCUT2D eigenvalue weighted by Crippen LogP contribution is -2.42. The molecule has 198 valence electrons. The molecule has 2 aromatic heterocycles. The second kappa shape index (κ2) is 11.2. The van der Waals surface area contributed by atoms with Crippen LogP contribution in [0.4, 0.5) is 10.3 Å². The van der Waals surface area contributed by atoms with Gasteiger partial charge in [0.2, 0.25) is 5.95 Å². The van der Waals surface area contributed by atoms with Crippen LogP contribution in [0.25, 0.3) is 11.0 Å². The Hall–Kier alpha value is -3.98. The van der Waals surface area contributed by atoms with Gasteiger partial charge in [0.1, 0.15) is 29.6 Å². The zero-order valence-corrected chi connectivity index (χ0v) is 21.7. The highest BCUT2D eigenvalue weighted by Gasteiger charge is 2.23. The van der Waals surface area contributed by atoms with Crippen LogP contribution in [-0.2, 0) is 11.3 Å². The first-order valence-electron chi connectivity index (χ1n) is 12.9. The van der Waals surface area contributed by atoms with Crippen LogP contribution in [0.3, 0.4) is 0 Å². The van der Waals surface area contributed by atoms with E-state index in [1.165, 1.54) is 12.1 Å². The molecule has 1 aliphatic heterocycles. The molecule has 3 heterocycles. The molecule has 38 heavy (non-hydrogen) atoms. The number of para-hydroxylation sites is 1. The molecule has 2 aromatic carbocycles. The minimum absolute atomic E-state index is 0.0385. The summed E-state index contributed by atoms with van der Waals surface area (Å²) in [6, 6.07) is 15.6. The fraction of sp³-hybridized carbons (Fsp3) is 0.345. The number of nitrogens with zero attached hydrogens (tertiary/aromatic N) is 4. The van der Waals surface area contributed by atoms with E-state index >= 15 is 0 Å². The van der Waals surface area contributed by atoms with Crippen LogP contribution in [0.1, 0.15) is 29.8 Å². The Balaban J connectivity index is 1.22. The maximum absolute atomic E-state index is 13.3. The fourth-order valence-corrected chi connectivity index (χ4v) is 4.86. The maximum Gasteiger partial charge on any atom is 0.204 e. The summed E-state index contributed by atoms with van der Waals surface area (Å²) in [5.41, 5.74) is 4.43. The highest BCUT2D eigenvalue weighted by atomic mass is 19.1. The van der Waals surface area contributed by atoms with Gasteiger partial charge in [0.15, 0.2) is 5.78 Å². The summed E-state index contributed by atoms with van der Waals surface area (Å²) in [6.45, 7) is 6.10. The van der Waals surface area contributed by atoms with Crippen LogP contribution in [0.15, 0.2) is 54.6 Å². The number of carbonyl (C=O) groups is 1. The van der Waals surface area contributed by atoms with Crippen molar-refractivity contribution in [1.82, 2.24) is 19.4 Å². The highest BCUT2D eigenvalue weighted by Crippen LogP contribution is 2.27. The molecule has 5 rings (SSSR count). The molecule has 0 atom stereocenters. The van der Waals surface area contributed by atoms with Gasteiger partial charge < -0.3 is 19.7 Å². The third kappa shape index (κ3) is 5.94. The number of hydrogen-bond donors (Lipinski definition) is 2. The van der Waals surface area contributed by atoms with Crippen LogP contribution in [-0.4, -0.2) is 62.6 Å². The molecule has 1 aliphatic rings. The molecule has 0 bridgehead atoms. The molecule has 0 spiro atoms. The van der Waals surface area contributed by atoms with Crippen LogP contribution in [0.5, 0.6) is 11.5 Å². The highest BCUT2D eigenvalue weighted by molar-refractivity contribution is 5.82. The summed E-state index contributed by atoms with van der Waals surface area (Å²) >= 11 is 0. The maximum atomic E-state index is 13.3. The molecular formula is C29H32FN5O3. The molecule has 0 amide bonds. The van der Waals surface area contributed by atoms with Crippen LogP contribution in [0, 0.1) is 19.7 Å². The summed E-state index contributed by atoms with van der Waals surface area (Å²) < 4.78 is 20.8. The van der Waals surface area contributed by atoms with Crippen molar-refractivity contribution in [3.05, 3.63) is 77.4 Å². The van der Waals surface area contributed by atoms with Crippen molar-refractivity contribution < 1.29 is 19.0 Å². The van der Waals surface area contributed by atoms with Crippen molar-refractivity contribution >= 4 is 22.8 Å². The number of fused-ring (bicyclic) bond motifs is 1. The summed E-state index contributed by atoms with van der Waals surface area (Å²) in [4.78, 5) is 24.0. The smallest absolute Gasteiger partial charge is 0.204 e. The standard InChI is InChI=1S/C29H32FN5O3/c1-19-5-3-8-26-28(19)33-29(35(26)17-25-27(37)10-9-20(2)31-25)32-22-11-13-34(14-12-22)16-23(36)18-38-24-7-4-6-21(30)15-24/h3-10,15,22,37H,11-14,16-18H2,1-2H3,(H,32,33). The fourth-order valence-electron chi connectivity index (χ4n) is 4.86. The molecule has 0 unspecified atom stereocenters. The molecule has 1 saturated heterocycles. The lowest BCUT2D eigenvalue weighted by molar-refractivity contribution is -0.122. The summed E-state index contributed by atoms with van der Waals surface area (Å²) in [6.07, 6.45) is 1.71. The topological polar surface area (TPSA) is 92.5 Å². The van der Waals surface area contributed by atoms with Gasteiger partial charge in [0.25, 0.3) is 0 Å². The number of pyridine rings is 1.